The summed E-state index contributed by atoms with van der Waals surface area (Å²) in [6, 6.07) is 12.5. The molecule has 0 aliphatic heterocycles. The van der Waals surface area contributed by atoms with E-state index in [-0.39, 0.29) is 17.3 Å². The van der Waals surface area contributed by atoms with E-state index < -0.39 is 10.0 Å². The summed E-state index contributed by atoms with van der Waals surface area (Å²) in [6.45, 7) is -0.0669. The zero-order valence-corrected chi connectivity index (χ0v) is 15.6. The number of methoxy groups -OCH3 is 1. The van der Waals surface area contributed by atoms with Crippen molar-refractivity contribution in [3.63, 3.8) is 0 Å². The zero-order chi connectivity index (χ0) is 18.9. The quantitative estimate of drug-likeness (QED) is 0.701. The van der Waals surface area contributed by atoms with Crippen LogP contribution in [-0.4, -0.2) is 25.7 Å². The number of ether oxygens (including phenoxy) is 1. The molecule has 0 radical (unpaired) electrons. The summed E-state index contributed by atoms with van der Waals surface area (Å²) in [5.41, 5.74) is 3.10. The van der Waals surface area contributed by atoms with E-state index in [1.165, 1.54) is 5.56 Å². The normalized spacial score (nSPS) is 13.5. The van der Waals surface area contributed by atoms with Crippen molar-refractivity contribution in [3.05, 3.63) is 59.5 Å². The molecule has 0 spiro atoms. The Hall–Kier alpha value is -2.71. The predicted molar refractivity (Wildman–Crippen MR) is 98.8 cm³/mol. The first kappa shape index (κ1) is 17.7. The van der Waals surface area contributed by atoms with E-state index in [0.29, 0.717) is 5.82 Å². The Labute approximate surface area is 157 Å². The second-order valence-electron chi connectivity index (χ2n) is 6.35. The number of aromatic nitrogens is 2. The fourth-order valence-corrected chi connectivity index (χ4v) is 4.16. The molecule has 7 nitrogen and oxygen atoms in total. The van der Waals surface area contributed by atoms with E-state index in [0.717, 1.165) is 36.1 Å². The number of hydrogen-bond donors (Lipinski definition) is 1. The van der Waals surface area contributed by atoms with Crippen LogP contribution >= 0.6 is 0 Å². The van der Waals surface area contributed by atoms with Crippen molar-refractivity contribution < 1.29 is 17.7 Å². The van der Waals surface area contributed by atoms with Gasteiger partial charge in [-0.1, -0.05) is 11.2 Å². The Bertz CT molecular complexity index is 1060. The minimum atomic E-state index is -3.64. The largest absolute Gasteiger partial charge is 0.497 e. The summed E-state index contributed by atoms with van der Waals surface area (Å²) in [5.74, 6) is 1.32. The van der Waals surface area contributed by atoms with Gasteiger partial charge in [-0.15, -0.1) is 0 Å². The number of nitrogens with one attached hydrogen (secondary N) is 1. The molecule has 0 atom stereocenters. The maximum atomic E-state index is 12.5. The van der Waals surface area contributed by atoms with Crippen molar-refractivity contribution in [3.8, 4) is 17.1 Å². The molecule has 27 heavy (non-hydrogen) atoms. The highest BCUT2D eigenvalue weighted by molar-refractivity contribution is 7.89. The maximum Gasteiger partial charge on any atom is 0.242 e. The van der Waals surface area contributed by atoms with Gasteiger partial charge in [-0.3, -0.25) is 0 Å². The highest BCUT2D eigenvalue weighted by Gasteiger charge is 2.19. The van der Waals surface area contributed by atoms with Crippen LogP contribution in [0, 0.1) is 0 Å². The van der Waals surface area contributed by atoms with Gasteiger partial charge in [-0.05, 0) is 66.8 Å². The minimum Gasteiger partial charge on any atom is -0.497 e. The van der Waals surface area contributed by atoms with Crippen LogP contribution in [0.15, 0.2) is 51.9 Å². The van der Waals surface area contributed by atoms with E-state index in [1.54, 1.807) is 31.4 Å². The molecule has 1 N–H and O–H groups in total. The minimum absolute atomic E-state index is 0.0669. The number of hydrogen-bond acceptors (Lipinski definition) is 6. The third kappa shape index (κ3) is 3.72. The van der Waals surface area contributed by atoms with Crippen molar-refractivity contribution >= 4 is 10.0 Å². The van der Waals surface area contributed by atoms with E-state index in [1.807, 2.05) is 18.2 Å². The maximum absolute atomic E-state index is 12.5. The van der Waals surface area contributed by atoms with Gasteiger partial charge in [0.1, 0.15) is 5.75 Å². The number of sulfonamides is 1. The van der Waals surface area contributed by atoms with Crippen LogP contribution in [0.5, 0.6) is 5.75 Å². The molecule has 0 amide bonds. The summed E-state index contributed by atoms with van der Waals surface area (Å²) < 4.78 is 37.9. The molecule has 0 saturated carbocycles. The lowest BCUT2D eigenvalue weighted by Gasteiger charge is -2.07. The van der Waals surface area contributed by atoms with Gasteiger partial charge in [-0.25, -0.2) is 13.1 Å². The molecule has 1 aromatic heterocycles. The smallest absolute Gasteiger partial charge is 0.242 e. The zero-order valence-electron chi connectivity index (χ0n) is 14.8. The number of rotatable bonds is 6. The molecular formula is C19H19N3O4S. The molecule has 0 unspecified atom stereocenters. The van der Waals surface area contributed by atoms with E-state index in [9.17, 15) is 8.42 Å². The monoisotopic (exact) mass is 385 g/mol. The third-order valence-electron chi connectivity index (χ3n) is 4.61. The molecule has 8 heteroatoms. The van der Waals surface area contributed by atoms with Crippen molar-refractivity contribution in [2.24, 2.45) is 0 Å². The Kier molecular flexibility index (Phi) is 4.67. The molecule has 4 rings (SSSR count). The lowest BCUT2D eigenvalue weighted by atomic mass is 10.1. The molecule has 1 aliphatic rings. The third-order valence-corrected chi connectivity index (χ3v) is 6.01. The number of benzene rings is 2. The number of nitrogens with zero attached hydrogens (tertiary/aromatic N) is 2. The first-order chi connectivity index (χ1) is 13.0. The van der Waals surface area contributed by atoms with Gasteiger partial charge in [0.15, 0.2) is 0 Å². The lowest BCUT2D eigenvalue weighted by Crippen LogP contribution is -2.23. The Morgan fingerprint density at radius 3 is 2.67 bits per heavy atom. The summed E-state index contributed by atoms with van der Waals surface area (Å²) >= 11 is 0. The Morgan fingerprint density at radius 1 is 1.11 bits per heavy atom. The molecule has 1 aliphatic carbocycles. The topological polar surface area (TPSA) is 94.3 Å². The summed E-state index contributed by atoms with van der Waals surface area (Å²) in [7, 11) is -2.05. The van der Waals surface area contributed by atoms with Crippen LogP contribution in [0.2, 0.25) is 0 Å². The summed E-state index contributed by atoms with van der Waals surface area (Å²) in [5, 5.41) is 3.90. The lowest BCUT2D eigenvalue weighted by molar-refractivity contribution is 0.376. The molecular weight excluding hydrogens is 366 g/mol. The second kappa shape index (κ2) is 7.13. The fourth-order valence-electron chi connectivity index (χ4n) is 3.14. The van der Waals surface area contributed by atoms with Gasteiger partial charge in [-0.2, -0.15) is 4.98 Å². The van der Waals surface area contributed by atoms with Crippen LogP contribution in [0.1, 0.15) is 23.4 Å². The van der Waals surface area contributed by atoms with Gasteiger partial charge in [0.2, 0.25) is 21.7 Å². The van der Waals surface area contributed by atoms with Crippen LogP contribution in [0.3, 0.4) is 0 Å². The molecule has 1 heterocycles. The van der Waals surface area contributed by atoms with Gasteiger partial charge < -0.3 is 9.26 Å². The average molecular weight is 385 g/mol. The summed E-state index contributed by atoms with van der Waals surface area (Å²) in [6.07, 6.45) is 3.01. The van der Waals surface area contributed by atoms with Gasteiger partial charge in [0.05, 0.1) is 18.6 Å². The Balaban J connectivity index is 1.46. The van der Waals surface area contributed by atoms with E-state index >= 15 is 0 Å². The first-order valence-electron chi connectivity index (χ1n) is 8.64. The second-order valence-corrected chi connectivity index (χ2v) is 8.12. The predicted octanol–water partition coefficient (Wildman–Crippen LogP) is 2.71. The molecule has 0 bridgehead atoms. The summed E-state index contributed by atoms with van der Waals surface area (Å²) in [4.78, 5) is 4.51. The number of fused-ring (bicyclic) bond motifs is 1. The molecule has 0 saturated heterocycles. The molecule has 0 fully saturated rings. The van der Waals surface area contributed by atoms with Crippen molar-refractivity contribution in [1.82, 2.24) is 14.9 Å². The van der Waals surface area contributed by atoms with Crippen molar-refractivity contribution in [2.75, 3.05) is 7.11 Å². The molecule has 2 aromatic carbocycles. The SMILES string of the molecule is COc1ccc(-c2noc(CNS(=O)(=O)c3ccc4c(c3)CCC4)n2)cc1. The molecule has 140 valence electrons. The van der Waals surface area contributed by atoms with Gasteiger partial charge >= 0.3 is 0 Å². The van der Waals surface area contributed by atoms with Crippen molar-refractivity contribution in [1.29, 1.82) is 0 Å². The first-order valence-corrected chi connectivity index (χ1v) is 10.1. The van der Waals surface area contributed by atoms with Crippen LogP contribution in [-0.2, 0) is 29.4 Å². The van der Waals surface area contributed by atoms with Gasteiger partial charge in [0.25, 0.3) is 0 Å². The van der Waals surface area contributed by atoms with E-state index in [2.05, 4.69) is 14.9 Å². The molecule has 3 aromatic rings. The van der Waals surface area contributed by atoms with Gasteiger partial charge in [0, 0.05) is 5.56 Å². The van der Waals surface area contributed by atoms with Crippen LogP contribution in [0.25, 0.3) is 11.4 Å². The van der Waals surface area contributed by atoms with Crippen LogP contribution in [0.4, 0.5) is 0 Å². The number of aryl methyl sites for hydroxylation is 2. The van der Waals surface area contributed by atoms with Crippen molar-refractivity contribution in [2.45, 2.75) is 30.7 Å². The highest BCUT2D eigenvalue weighted by atomic mass is 32.2. The highest BCUT2D eigenvalue weighted by Crippen LogP contribution is 2.25. The van der Waals surface area contributed by atoms with E-state index in [4.69, 9.17) is 9.26 Å². The standard InChI is InChI=1S/C19H19N3O4S/c1-25-16-8-5-14(6-9-16)19-21-18(26-22-19)12-20-27(23,24)17-10-7-13-3-2-4-15(13)11-17/h5-11,20H,2-4,12H2,1H3. The average Bonchev–Trinajstić information content (AvgIpc) is 3.35. The fraction of sp³-hybridized carbons (Fsp3) is 0.263. The van der Waals surface area contributed by atoms with Crippen LogP contribution < -0.4 is 9.46 Å². The Morgan fingerprint density at radius 2 is 1.89 bits per heavy atom.